The van der Waals surface area contributed by atoms with Gasteiger partial charge in [-0.3, -0.25) is 14.3 Å². The number of benzene rings is 1. The number of nitrogens with one attached hydrogen (secondary N) is 2. The van der Waals surface area contributed by atoms with Gasteiger partial charge >= 0.3 is 6.03 Å². The first-order valence-corrected chi connectivity index (χ1v) is 12.7. The number of aryl methyl sites for hydroxylation is 1. The monoisotopic (exact) mass is 495 g/mol. The van der Waals surface area contributed by atoms with Crippen LogP contribution in [0.4, 0.5) is 10.5 Å². The zero-order valence-electron chi connectivity index (χ0n) is 18.4. The highest BCUT2D eigenvalue weighted by molar-refractivity contribution is 7.92. The number of pyridine rings is 2. The molecule has 0 aliphatic carbocycles. The molecule has 1 aromatic carbocycles. The van der Waals surface area contributed by atoms with Crippen LogP contribution in [0.2, 0.25) is 0 Å². The normalized spacial score (nSPS) is 13.7. The van der Waals surface area contributed by atoms with E-state index in [0.29, 0.717) is 11.2 Å². The highest BCUT2D eigenvalue weighted by Gasteiger charge is 2.20. The van der Waals surface area contributed by atoms with Crippen molar-refractivity contribution in [1.82, 2.24) is 19.2 Å². The number of fused-ring (bicyclic) bond motifs is 2. The molecular formula is C23H21N5O4S2. The Morgan fingerprint density at radius 1 is 1.09 bits per heavy atom. The number of sulfonamides is 1. The molecular weight excluding hydrogens is 474 g/mol. The molecule has 9 nitrogen and oxygen atoms in total. The molecule has 0 saturated heterocycles. The molecule has 0 atom stereocenters. The van der Waals surface area contributed by atoms with Gasteiger partial charge in [-0.05, 0) is 72.9 Å². The molecule has 34 heavy (non-hydrogen) atoms. The van der Waals surface area contributed by atoms with Gasteiger partial charge in [0.15, 0.2) is 0 Å². The average Bonchev–Trinajstić information content (AvgIpc) is 3.38. The summed E-state index contributed by atoms with van der Waals surface area (Å²) in [6.07, 6.45) is 3.04. The van der Waals surface area contributed by atoms with Crippen LogP contribution in [0.15, 0.2) is 63.9 Å². The molecule has 11 heteroatoms. The number of urea groups is 1. The lowest BCUT2D eigenvalue weighted by atomic mass is 10.0. The van der Waals surface area contributed by atoms with Gasteiger partial charge in [-0.2, -0.15) is 0 Å². The van der Waals surface area contributed by atoms with Crippen LogP contribution in [0.25, 0.3) is 16.6 Å². The van der Waals surface area contributed by atoms with Crippen molar-refractivity contribution in [2.75, 3.05) is 12.4 Å². The second-order valence-electron chi connectivity index (χ2n) is 8.20. The summed E-state index contributed by atoms with van der Waals surface area (Å²) in [5, 5.41) is 3.95. The molecule has 2 amide bonds. The predicted molar refractivity (Wildman–Crippen MR) is 131 cm³/mol. The summed E-state index contributed by atoms with van der Waals surface area (Å²) in [5.41, 5.74) is 2.48. The number of rotatable bonds is 4. The van der Waals surface area contributed by atoms with Gasteiger partial charge in [0.25, 0.3) is 15.6 Å². The maximum absolute atomic E-state index is 13.1. The van der Waals surface area contributed by atoms with E-state index in [1.54, 1.807) is 31.3 Å². The summed E-state index contributed by atoms with van der Waals surface area (Å²) < 4.78 is 28.1. The third-order valence-electron chi connectivity index (χ3n) is 5.56. The van der Waals surface area contributed by atoms with E-state index in [4.69, 9.17) is 0 Å². The van der Waals surface area contributed by atoms with Crippen LogP contribution in [0, 0.1) is 6.92 Å². The quantitative estimate of drug-likeness (QED) is 0.450. The minimum absolute atomic E-state index is 0.0570. The van der Waals surface area contributed by atoms with Gasteiger partial charge in [0.05, 0.1) is 11.9 Å². The van der Waals surface area contributed by atoms with Gasteiger partial charge in [0.2, 0.25) is 0 Å². The first-order chi connectivity index (χ1) is 16.2. The Hall–Kier alpha value is -3.54. The highest BCUT2D eigenvalue weighted by atomic mass is 32.2. The van der Waals surface area contributed by atoms with Gasteiger partial charge < -0.3 is 5.32 Å². The van der Waals surface area contributed by atoms with E-state index in [1.807, 2.05) is 23.9 Å². The van der Waals surface area contributed by atoms with Crippen molar-refractivity contribution in [2.24, 2.45) is 0 Å². The van der Waals surface area contributed by atoms with E-state index < -0.39 is 16.1 Å². The molecule has 3 aromatic heterocycles. The number of carbonyl (C=O) groups is 1. The standard InChI is InChI=1S/C23H21N5O4S2/c1-14-3-6-21(33-14)34(31,32)26-23(30)25-18-4-5-20(24-11-18)28-8-7-15-9-16-12-27(2)13-17(16)10-19(15)22(28)29/h3-11H,12-13H2,1-2H3,(H2,25,26,30). The van der Waals surface area contributed by atoms with E-state index in [2.05, 4.69) is 21.3 Å². The molecule has 2 N–H and O–H groups in total. The molecule has 4 heterocycles. The molecule has 1 aliphatic heterocycles. The summed E-state index contributed by atoms with van der Waals surface area (Å²) in [6.45, 7) is 3.46. The first kappa shape index (κ1) is 22.3. The summed E-state index contributed by atoms with van der Waals surface area (Å²) in [4.78, 5) is 32.6. The third kappa shape index (κ3) is 4.20. The van der Waals surface area contributed by atoms with Crippen molar-refractivity contribution in [3.63, 3.8) is 0 Å². The fraction of sp³-hybridized carbons (Fsp3) is 0.174. The Morgan fingerprint density at radius 2 is 1.85 bits per heavy atom. The highest BCUT2D eigenvalue weighted by Crippen LogP contribution is 2.26. The lowest BCUT2D eigenvalue weighted by Crippen LogP contribution is -2.34. The van der Waals surface area contributed by atoms with Crippen molar-refractivity contribution >= 4 is 43.9 Å². The van der Waals surface area contributed by atoms with Gasteiger partial charge in [0.1, 0.15) is 10.0 Å². The largest absolute Gasteiger partial charge is 0.333 e. The maximum atomic E-state index is 13.1. The number of carbonyl (C=O) groups excluding carboxylic acids is 1. The first-order valence-electron chi connectivity index (χ1n) is 10.4. The fourth-order valence-electron chi connectivity index (χ4n) is 3.98. The van der Waals surface area contributed by atoms with Gasteiger partial charge in [-0.25, -0.2) is 22.9 Å². The smallest absolute Gasteiger partial charge is 0.306 e. The van der Waals surface area contributed by atoms with E-state index in [1.165, 1.54) is 22.4 Å². The molecule has 0 unspecified atom stereocenters. The molecule has 4 aromatic rings. The predicted octanol–water partition coefficient (Wildman–Crippen LogP) is 3.21. The lowest BCUT2D eigenvalue weighted by molar-refractivity contribution is 0.256. The molecule has 1 aliphatic rings. The number of thiophene rings is 1. The van der Waals surface area contributed by atoms with Crippen molar-refractivity contribution in [3.05, 3.63) is 81.2 Å². The number of anilines is 1. The van der Waals surface area contributed by atoms with Crippen LogP contribution in [0.3, 0.4) is 0 Å². The van der Waals surface area contributed by atoms with Crippen LogP contribution in [-0.4, -0.2) is 35.9 Å². The zero-order valence-corrected chi connectivity index (χ0v) is 20.0. The van der Waals surface area contributed by atoms with Crippen LogP contribution in [0.5, 0.6) is 0 Å². The Balaban J connectivity index is 1.35. The van der Waals surface area contributed by atoms with Crippen LogP contribution in [0.1, 0.15) is 16.0 Å². The van der Waals surface area contributed by atoms with Crippen molar-refractivity contribution in [1.29, 1.82) is 0 Å². The molecule has 5 rings (SSSR count). The summed E-state index contributed by atoms with van der Waals surface area (Å²) in [6, 6.07) is 11.2. The minimum Gasteiger partial charge on any atom is -0.306 e. The topological polar surface area (TPSA) is 113 Å². The van der Waals surface area contributed by atoms with Crippen LogP contribution in [-0.2, 0) is 23.1 Å². The van der Waals surface area contributed by atoms with Gasteiger partial charge in [-0.1, -0.05) is 0 Å². The van der Waals surface area contributed by atoms with E-state index in [9.17, 15) is 18.0 Å². The van der Waals surface area contributed by atoms with Crippen LogP contribution < -0.4 is 15.6 Å². The molecule has 0 bridgehead atoms. The molecule has 0 fully saturated rings. The Morgan fingerprint density at radius 3 is 2.53 bits per heavy atom. The second-order valence-corrected chi connectivity index (χ2v) is 11.4. The van der Waals surface area contributed by atoms with E-state index >= 15 is 0 Å². The average molecular weight is 496 g/mol. The zero-order chi connectivity index (χ0) is 24.0. The molecule has 0 saturated carbocycles. The summed E-state index contributed by atoms with van der Waals surface area (Å²) in [7, 11) is -1.91. The van der Waals surface area contributed by atoms with E-state index in [-0.39, 0.29) is 15.5 Å². The van der Waals surface area contributed by atoms with Crippen molar-refractivity contribution in [3.8, 4) is 5.82 Å². The number of hydrogen-bond acceptors (Lipinski definition) is 7. The van der Waals surface area contributed by atoms with Crippen LogP contribution >= 0.6 is 11.3 Å². The summed E-state index contributed by atoms with van der Waals surface area (Å²) >= 11 is 1.07. The molecule has 174 valence electrons. The van der Waals surface area contributed by atoms with Gasteiger partial charge in [-0.15, -0.1) is 11.3 Å². The fourth-order valence-corrected chi connectivity index (χ4v) is 6.17. The Kier molecular flexibility index (Phi) is 5.47. The van der Waals surface area contributed by atoms with Crippen molar-refractivity contribution in [2.45, 2.75) is 24.2 Å². The molecule has 0 spiro atoms. The third-order valence-corrected chi connectivity index (χ3v) is 8.39. The lowest BCUT2D eigenvalue weighted by Gasteiger charge is -2.10. The second kappa shape index (κ2) is 8.35. The molecule has 0 radical (unpaired) electrons. The Labute approximate surface area is 199 Å². The number of nitrogens with zero attached hydrogens (tertiary/aromatic N) is 3. The maximum Gasteiger partial charge on any atom is 0.333 e. The Bertz CT molecular complexity index is 1590. The minimum atomic E-state index is -3.96. The summed E-state index contributed by atoms with van der Waals surface area (Å²) in [5.74, 6) is 0.386. The number of amides is 2. The van der Waals surface area contributed by atoms with Gasteiger partial charge in [0, 0.05) is 29.5 Å². The van der Waals surface area contributed by atoms with E-state index in [0.717, 1.165) is 40.3 Å². The number of hydrogen-bond donors (Lipinski definition) is 2. The SMILES string of the molecule is Cc1ccc(S(=O)(=O)NC(=O)Nc2ccc(-n3ccc4cc5c(cc4c3=O)CN(C)C5)nc2)s1. The number of aromatic nitrogens is 2. The van der Waals surface area contributed by atoms with Crippen molar-refractivity contribution < 1.29 is 13.2 Å².